The van der Waals surface area contributed by atoms with Gasteiger partial charge in [0.15, 0.2) is 5.78 Å². The number of rotatable bonds is 5. The molecule has 0 radical (unpaired) electrons. The van der Waals surface area contributed by atoms with Gasteiger partial charge in [-0.1, -0.05) is 26.7 Å². The number of Topliss-reactive ketones (excluding diaryl/α,β-unsaturated/α-hetero) is 1. The summed E-state index contributed by atoms with van der Waals surface area (Å²) in [4.78, 5) is 12.5. The van der Waals surface area contributed by atoms with Crippen LogP contribution in [0.3, 0.4) is 0 Å². The Morgan fingerprint density at radius 3 is 2.68 bits per heavy atom. The minimum Gasteiger partial charge on any atom is -0.385 e. The highest BCUT2D eigenvalue weighted by molar-refractivity contribution is 5.85. The van der Waals surface area contributed by atoms with Crippen molar-refractivity contribution in [3.05, 3.63) is 0 Å². The van der Waals surface area contributed by atoms with Crippen molar-refractivity contribution in [1.82, 2.24) is 0 Å². The van der Waals surface area contributed by atoms with Gasteiger partial charge in [-0.15, -0.1) is 0 Å². The predicted molar refractivity (Wildman–Crippen MR) is 71.9 cm³/mol. The summed E-state index contributed by atoms with van der Waals surface area (Å²) in [7, 11) is 0. The largest absolute Gasteiger partial charge is 0.385 e. The Labute approximate surface area is 115 Å². The fraction of sp³-hybridized carbons (Fsp3) is 0.933. The first-order valence-electron chi connectivity index (χ1n) is 7.55. The summed E-state index contributed by atoms with van der Waals surface area (Å²) in [5.41, 5.74) is -0.258. The minimum absolute atomic E-state index is 0.0169. The van der Waals surface area contributed by atoms with Crippen LogP contribution in [0.15, 0.2) is 0 Å². The standard InChI is InChI=1S/C15H26O4/c1-3-11(4-2)13(16)14(17)12-5-7-19-15(9-12)6-8-18-10-15/h11-13,16H,3-10H2,1-2H3. The average Bonchev–Trinajstić information content (AvgIpc) is 2.87. The third-order valence-electron chi connectivity index (χ3n) is 4.75. The van der Waals surface area contributed by atoms with Crippen LogP contribution in [-0.2, 0) is 14.3 Å². The second kappa shape index (κ2) is 6.33. The number of aliphatic hydroxyl groups excluding tert-OH is 1. The molecule has 3 unspecified atom stereocenters. The number of hydrogen-bond acceptors (Lipinski definition) is 4. The van der Waals surface area contributed by atoms with Gasteiger partial charge in [0.1, 0.15) is 6.10 Å². The molecule has 2 aliphatic heterocycles. The van der Waals surface area contributed by atoms with E-state index in [4.69, 9.17) is 9.47 Å². The highest BCUT2D eigenvalue weighted by Gasteiger charge is 2.44. The SMILES string of the molecule is CCC(CC)C(O)C(=O)C1CCOC2(CCOC2)C1. The maximum Gasteiger partial charge on any atom is 0.164 e. The first-order chi connectivity index (χ1) is 9.12. The molecule has 1 N–H and O–H groups in total. The quantitative estimate of drug-likeness (QED) is 0.829. The first-order valence-corrected chi connectivity index (χ1v) is 7.55. The van der Waals surface area contributed by atoms with Gasteiger partial charge < -0.3 is 14.6 Å². The van der Waals surface area contributed by atoms with Crippen molar-refractivity contribution in [3.63, 3.8) is 0 Å². The summed E-state index contributed by atoms with van der Waals surface area (Å²) in [6, 6.07) is 0. The van der Waals surface area contributed by atoms with E-state index in [0.29, 0.717) is 19.6 Å². The van der Waals surface area contributed by atoms with Crippen LogP contribution in [0.5, 0.6) is 0 Å². The Morgan fingerprint density at radius 2 is 2.11 bits per heavy atom. The summed E-state index contributed by atoms with van der Waals surface area (Å²) in [6.45, 7) is 5.98. The van der Waals surface area contributed by atoms with Crippen LogP contribution >= 0.6 is 0 Å². The fourth-order valence-corrected chi connectivity index (χ4v) is 3.34. The van der Waals surface area contributed by atoms with Crippen LogP contribution in [-0.4, -0.2) is 42.4 Å². The molecule has 2 fully saturated rings. The van der Waals surface area contributed by atoms with E-state index in [1.807, 2.05) is 13.8 Å². The zero-order chi connectivity index (χ0) is 13.9. The number of carbonyl (C=O) groups excluding carboxylic acids is 1. The second-order valence-electron chi connectivity index (χ2n) is 5.95. The molecule has 0 saturated carbocycles. The van der Waals surface area contributed by atoms with Crippen molar-refractivity contribution < 1.29 is 19.4 Å². The maximum absolute atomic E-state index is 12.5. The van der Waals surface area contributed by atoms with E-state index in [-0.39, 0.29) is 23.2 Å². The van der Waals surface area contributed by atoms with E-state index in [1.54, 1.807) is 0 Å². The van der Waals surface area contributed by atoms with E-state index in [9.17, 15) is 9.90 Å². The molecule has 0 amide bonds. The van der Waals surface area contributed by atoms with E-state index in [2.05, 4.69) is 0 Å². The minimum atomic E-state index is -0.808. The Kier molecular flexibility index (Phi) is 4.98. The Hall–Kier alpha value is -0.450. The predicted octanol–water partition coefficient (Wildman–Crippen LogP) is 1.94. The molecular weight excluding hydrogens is 244 g/mol. The average molecular weight is 270 g/mol. The maximum atomic E-state index is 12.5. The topological polar surface area (TPSA) is 55.8 Å². The molecule has 110 valence electrons. The van der Waals surface area contributed by atoms with Crippen molar-refractivity contribution in [1.29, 1.82) is 0 Å². The first kappa shape index (κ1) is 14.9. The van der Waals surface area contributed by atoms with Crippen LogP contribution in [0.25, 0.3) is 0 Å². The number of hydrogen-bond donors (Lipinski definition) is 1. The Balaban J connectivity index is 1.98. The summed E-state index contributed by atoms with van der Waals surface area (Å²) >= 11 is 0. The highest BCUT2D eigenvalue weighted by Crippen LogP contribution is 2.37. The van der Waals surface area contributed by atoms with Crippen LogP contribution in [0, 0.1) is 11.8 Å². The molecule has 2 aliphatic rings. The highest BCUT2D eigenvalue weighted by atomic mass is 16.6. The summed E-state index contributed by atoms with van der Waals surface area (Å²) in [5.74, 6) is 0.0421. The lowest BCUT2D eigenvalue weighted by Gasteiger charge is -2.37. The molecule has 2 heterocycles. The summed E-state index contributed by atoms with van der Waals surface area (Å²) in [5, 5.41) is 10.2. The van der Waals surface area contributed by atoms with Crippen LogP contribution in [0.1, 0.15) is 46.0 Å². The van der Waals surface area contributed by atoms with Gasteiger partial charge in [0, 0.05) is 25.6 Å². The van der Waals surface area contributed by atoms with Crippen molar-refractivity contribution in [2.24, 2.45) is 11.8 Å². The van der Waals surface area contributed by atoms with Gasteiger partial charge in [-0.05, 0) is 18.8 Å². The van der Waals surface area contributed by atoms with E-state index < -0.39 is 6.10 Å². The van der Waals surface area contributed by atoms with Crippen molar-refractivity contribution in [2.75, 3.05) is 19.8 Å². The van der Waals surface area contributed by atoms with Gasteiger partial charge in [-0.2, -0.15) is 0 Å². The van der Waals surface area contributed by atoms with Gasteiger partial charge >= 0.3 is 0 Å². The van der Waals surface area contributed by atoms with Gasteiger partial charge in [0.05, 0.1) is 12.2 Å². The monoisotopic (exact) mass is 270 g/mol. The normalized spacial score (nSPS) is 32.9. The van der Waals surface area contributed by atoms with E-state index in [1.165, 1.54) is 0 Å². The molecule has 19 heavy (non-hydrogen) atoms. The molecule has 0 bridgehead atoms. The third kappa shape index (κ3) is 3.18. The molecule has 2 rings (SSSR count). The van der Waals surface area contributed by atoms with E-state index >= 15 is 0 Å². The number of carbonyl (C=O) groups is 1. The van der Waals surface area contributed by atoms with E-state index in [0.717, 1.165) is 32.3 Å². The molecule has 0 aliphatic carbocycles. The molecule has 4 nitrogen and oxygen atoms in total. The van der Waals surface area contributed by atoms with Crippen molar-refractivity contribution in [3.8, 4) is 0 Å². The zero-order valence-corrected chi connectivity index (χ0v) is 12.1. The number of ketones is 1. The van der Waals surface area contributed by atoms with Crippen molar-refractivity contribution >= 4 is 5.78 Å². The molecule has 0 aromatic carbocycles. The molecule has 4 heteroatoms. The smallest absolute Gasteiger partial charge is 0.164 e. The van der Waals surface area contributed by atoms with Crippen LogP contribution in [0.4, 0.5) is 0 Å². The fourth-order valence-electron chi connectivity index (χ4n) is 3.34. The number of aliphatic hydroxyl groups is 1. The van der Waals surface area contributed by atoms with Gasteiger partial charge in [-0.3, -0.25) is 4.79 Å². The molecule has 2 saturated heterocycles. The van der Waals surface area contributed by atoms with Crippen molar-refractivity contribution in [2.45, 2.75) is 57.7 Å². The van der Waals surface area contributed by atoms with Gasteiger partial charge in [-0.25, -0.2) is 0 Å². The summed E-state index contributed by atoms with van der Waals surface area (Å²) in [6.07, 6.45) is 3.21. The second-order valence-corrected chi connectivity index (χ2v) is 5.95. The van der Waals surface area contributed by atoms with Crippen LogP contribution < -0.4 is 0 Å². The molecule has 1 spiro atoms. The van der Waals surface area contributed by atoms with Gasteiger partial charge in [0.25, 0.3) is 0 Å². The van der Waals surface area contributed by atoms with Crippen LogP contribution in [0.2, 0.25) is 0 Å². The lowest BCUT2D eigenvalue weighted by Crippen LogP contribution is -2.45. The lowest BCUT2D eigenvalue weighted by atomic mass is 9.79. The Bertz CT molecular complexity index is 305. The molecular formula is C15H26O4. The molecule has 3 atom stereocenters. The third-order valence-corrected chi connectivity index (χ3v) is 4.75. The lowest BCUT2D eigenvalue weighted by molar-refractivity contribution is -0.147. The molecule has 0 aromatic heterocycles. The summed E-state index contributed by atoms with van der Waals surface area (Å²) < 4.78 is 11.3. The van der Waals surface area contributed by atoms with Gasteiger partial charge in [0.2, 0.25) is 0 Å². The Morgan fingerprint density at radius 1 is 1.37 bits per heavy atom. The molecule has 0 aromatic rings. The number of ether oxygens (including phenoxy) is 2. The zero-order valence-electron chi connectivity index (χ0n) is 12.1.